The summed E-state index contributed by atoms with van der Waals surface area (Å²) in [6, 6.07) is 16.0. The summed E-state index contributed by atoms with van der Waals surface area (Å²) in [7, 11) is 0. The zero-order chi connectivity index (χ0) is 24.5. The van der Waals surface area contributed by atoms with Crippen LogP contribution in [0.15, 0.2) is 80.6 Å². The number of halogens is 2. The van der Waals surface area contributed by atoms with Crippen molar-refractivity contribution in [2.45, 2.75) is 19.8 Å². The van der Waals surface area contributed by atoms with E-state index in [0.29, 0.717) is 34.1 Å². The van der Waals surface area contributed by atoms with Crippen molar-refractivity contribution >= 4 is 27.8 Å². The molecule has 0 spiro atoms. The highest BCUT2D eigenvalue weighted by Gasteiger charge is 2.18. The first kappa shape index (κ1) is 22.5. The molecular weight excluding hydrogens is 452 g/mol. The van der Waals surface area contributed by atoms with Gasteiger partial charge in [0.25, 0.3) is 0 Å². The van der Waals surface area contributed by atoms with Crippen molar-refractivity contribution in [3.63, 3.8) is 0 Å². The van der Waals surface area contributed by atoms with E-state index in [9.17, 15) is 18.4 Å². The van der Waals surface area contributed by atoms with Crippen LogP contribution in [0.1, 0.15) is 16.7 Å². The molecule has 3 aromatic carbocycles. The van der Waals surface area contributed by atoms with Crippen LogP contribution >= 0.6 is 0 Å². The molecule has 0 bridgehead atoms. The van der Waals surface area contributed by atoms with E-state index in [0.717, 1.165) is 16.5 Å². The van der Waals surface area contributed by atoms with Crippen molar-refractivity contribution in [3.8, 4) is 11.1 Å². The monoisotopic (exact) mass is 473 g/mol. The van der Waals surface area contributed by atoms with Crippen LogP contribution in [0.3, 0.4) is 0 Å². The average Bonchev–Trinajstić information content (AvgIpc) is 3.25. The Labute approximate surface area is 199 Å². The minimum atomic E-state index is -0.594. The minimum Gasteiger partial charge on any atom is -0.464 e. The first-order valence-electron chi connectivity index (χ1n) is 11.1. The SMILES string of the molecule is Cc1c(CC(=O)NCCc2ccccc2F)c(=O)oc2cc3occ(-c4ccc(F)cc4)c3cc12. The summed E-state index contributed by atoms with van der Waals surface area (Å²) in [5, 5.41) is 4.19. The van der Waals surface area contributed by atoms with Crippen molar-refractivity contribution in [2.24, 2.45) is 0 Å². The van der Waals surface area contributed by atoms with E-state index >= 15 is 0 Å². The van der Waals surface area contributed by atoms with Crippen molar-refractivity contribution < 1.29 is 22.4 Å². The highest BCUT2D eigenvalue weighted by Crippen LogP contribution is 2.34. The average molecular weight is 473 g/mol. The molecule has 0 unspecified atom stereocenters. The molecule has 0 saturated heterocycles. The summed E-state index contributed by atoms with van der Waals surface area (Å²) in [5.74, 6) is -1.01. The number of carbonyl (C=O) groups excluding carboxylic acids is 1. The number of fused-ring (bicyclic) bond motifs is 2. The van der Waals surface area contributed by atoms with Gasteiger partial charge in [-0.3, -0.25) is 4.79 Å². The fourth-order valence-corrected chi connectivity index (χ4v) is 4.23. The lowest BCUT2D eigenvalue weighted by Gasteiger charge is -2.09. The maximum atomic E-state index is 13.8. The number of amides is 1. The Morgan fingerprint density at radius 2 is 1.74 bits per heavy atom. The maximum Gasteiger partial charge on any atom is 0.340 e. The quantitative estimate of drug-likeness (QED) is 0.322. The van der Waals surface area contributed by atoms with Crippen LogP contribution in [0.4, 0.5) is 8.78 Å². The fourth-order valence-electron chi connectivity index (χ4n) is 4.23. The molecule has 0 radical (unpaired) electrons. The molecule has 1 N–H and O–H groups in total. The van der Waals surface area contributed by atoms with Crippen molar-refractivity contribution in [1.82, 2.24) is 5.32 Å². The highest BCUT2D eigenvalue weighted by molar-refractivity contribution is 6.02. The summed E-state index contributed by atoms with van der Waals surface area (Å²) in [6.07, 6.45) is 1.76. The molecule has 5 nitrogen and oxygen atoms in total. The molecule has 176 valence electrons. The van der Waals surface area contributed by atoms with Gasteiger partial charge < -0.3 is 14.2 Å². The third-order valence-electron chi connectivity index (χ3n) is 6.15. The van der Waals surface area contributed by atoms with Gasteiger partial charge in [-0.2, -0.15) is 0 Å². The molecule has 0 fully saturated rings. The Balaban J connectivity index is 1.42. The summed E-state index contributed by atoms with van der Waals surface area (Å²) >= 11 is 0. The third-order valence-corrected chi connectivity index (χ3v) is 6.15. The molecule has 0 aliphatic heterocycles. The van der Waals surface area contributed by atoms with Crippen LogP contribution in [0.2, 0.25) is 0 Å². The van der Waals surface area contributed by atoms with E-state index < -0.39 is 5.63 Å². The maximum absolute atomic E-state index is 13.8. The van der Waals surface area contributed by atoms with E-state index in [1.54, 1.807) is 49.6 Å². The van der Waals surface area contributed by atoms with Gasteiger partial charge in [0.2, 0.25) is 5.91 Å². The molecule has 5 aromatic rings. The number of carbonyl (C=O) groups is 1. The molecule has 1 amide bonds. The standard InChI is InChI=1S/C28H21F2NO4/c1-16-20-12-22-23(17-6-8-19(29)9-7-17)15-34-25(22)14-26(20)35-28(33)21(16)13-27(32)31-11-10-18-4-2-3-5-24(18)30/h2-9,12,14-15H,10-11,13H2,1H3,(H,31,32). The Morgan fingerprint density at radius 1 is 0.971 bits per heavy atom. The zero-order valence-electron chi connectivity index (χ0n) is 18.9. The summed E-state index contributed by atoms with van der Waals surface area (Å²) in [5.41, 5.74) is 3.25. The first-order chi connectivity index (χ1) is 16.9. The number of aryl methyl sites for hydroxylation is 1. The molecule has 0 aliphatic carbocycles. The second-order valence-electron chi connectivity index (χ2n) is 8.36. The number of benzene rings is 3. The van der Waals surface area contributed by atoms with Gasteiger partial charge in [-0.05, 0) is 54.3 Å². The predicted molar refractivity (Wildman–Crippen MR) is 129 cm³/mol. The number of nitrogens with one attached hydrogen (secondary N) is 1. The molecule has 2 heterocycles. The van der Waals surface area contributed by atoms with Crippen molar-refractivity contribution in [3.05, 3.63) is 106 Å². The number of hydrogen-bond acceptors (Lipinski definition) is 4. The van der Waals surface area contributed by atoms with E-state index in [4.69, 9.17) is 8.83 Å². The van der Waals surface area contributed by atoms with Gasteiger partial charge in [0.05, 0.1) is 18.2 Å². The van der Waals surface area contributed by atoms with Gasteiger partial charge in [-0.25, -0.2) is 13.6 Å². The molecule has 0 atom stereocenters. The smallest absolute Gasteiger partial charge is 0.340 e. The molecule has 2 aromatic heterocycles. The first-order valence-corrected chi connectivity index (χ1v) is 11.1. The normalized spacial score (nSPS) is 11.3. The highest BCUT2D eigenvalue weighted by atomic mass is 19.1. The molecule has 5 rings (SSSR count). The Hall–Kier alpha value is -4.26. The number of hydrogen-bond donors (Lipinski definition) is 1. The van der Waals surface area contributed by atoms with Crippen LogP contribution in [-0.4, -0.2) is 12.5 Å². The summed E-state index contributed by atoms with van der Waals surface area (Å²) in [6.45, 7) is 2.01. The zero-order valence-corrected chi connectivity index (χ0v) is 18.9. The van der Waals surface area contributed by atoms with Gasteiger partial charge in [-0.1, -0.05) is 30.3 Å². The number of furan rings is 1. The van der Waals surface area contributed by atoms with Crippen LogP contribution in [-0.2, 0) is 17.6 Å². The lowest BCUT2D eigenvalue weighted by Crippen LogP contribution is -2.29. The fraction of sp³-hybridized carbons (Fsp3) is 0.143. The van der Waals surface area contributed by atoms with E-state index in [1.165, 1.54) is 18.2 Å². The molecule has 0 saturated carbocycles. The lowest BCUT2D eigenvalue weighted by molar-refractivity contribution is -0.120. The topological polar surface area (TPSA) is 72.5 Å². The Kier molecular flexibility index (Phi) is 5.91. The van der Waals surface area contributed by atoms with Crippen molar-refractivity contribution in [2.75, 3.05) is 6.54 Å². The summed E-state index contributed by atoms with van der Waals surface area (Å²) < 4.78 is 38.3. The van der Waals surface area contributed by atoms with E-state index in [-0.39, 0.29) is 36.1 Å². The minimum absolute atomic E-state index is 0.157. The summed E-state index contributed by atoms with van der Waals surface area (Å²) in [4.78, 5) is 25.2. The molecule has 35 heavy (non-hydrogen) atoms. The van der Waals surface area contributed by atoms with Crippen LogP contribution in [0.25, 0.3) is 33.1 Å². The van der Waals surface area contributed by atoms with E-state index in [2.05, 4.69) is 5.32 Å². The van der Waals surface area contributed by atoms with E-state index in [1.807, 2.05) is 6.07 Å². The van der Waals surface area contributed by atoms with Gasteiger partial charge in [-0.15, -0.1) is 0 Å². The van der Waals surface area contributed by atoms with Crippen LogP contribution in [0, 0.1) is 18.6 Å². The largest absolute Gasteiger partial charge is 0.464 e. The van der Waals surface area contributed by atoms with Crippen LogP contribution < -0.4 is 10.9 Å². The molecule has 0 aliphatic rings. The second-order valence-corrected chi connectivity index (χ2v) is 8.36. The van der Waals surface area contributed by atoms with Gasteiger partial charge in [0.1, 0.15) is 22.8 Å². The Bertz CT molecular complexity index is 1620. The molecular formula is C28H21F2NO4. The number of rotatable bonds is 6. The predicted octanol–water partition coefficient (Wildman–Crippen LogP) is 5.69. The van der Waals surface area contributed by atoms with Gasteiger partial charge in [0.15, 0.2) is 0 Å². The lowest BCUT2D eigenvalue weighted by atomic mass is 9.99. The van der Waals surface area contributed by atoms with Gasteiger partial charge >= 0.3 is 5.63 Å². The molecule has 7 heteroatoms. The second kappa shape index (κ2) is 9.18. The van der Waals surface area contributed by atoms with Crippen molar-refractivity contribution in [1.29, 1.82) is 0 Å². The third kappa shape index (κ3) is 4.45. The Morgan fingerprint density at radius 3 is 2.51 bits per heavy atom. The van der Waals surface area contributed by atoms with Gasteiger partial charge in [0, 0.05) is 28.9 Å². The van der Waals surface area contributed by atoms with Crippen LogP contribution in [0.5, 0.6) is 0 Å².